The van der Waals surface area contributed by atoms with Gasteiger partial charge in [0.2, 0.25) is 15.0 Å². The second kappa shape index (κ2) is 3.82. The van der Waals surface area contributed by atoms with Gasteiger partial charge in [-0.2, -0.15) is 0 Å². The van der Waals surface area contributed by atoms with Crippen molar-refractivity contribution in [2.75, 3.05) is 13.1 Å². The molecule has 1 aliphatic rings. The lowest BCUT2D eigenvalue weighted by atomic mass is 10.4. The zero-order chi connectivity index (χ0) is 10.9. The lowest BCUT2D eigenvalue weighted by Crippen LogP contribution is -2.25. The van der Waals surface area contributed by atoms with E-state index in [1.807, 2.05) is 0 Å². The maximum atomic E-state index is 12.5. The van der Waals surface area contributed by atoms with Gasteiger partial charge in [-0.25, -0.2) is 22.8 Å². The number of halogens is 1. The lowest BCUT2D eigenvalue weighted by molar-refractivity contribution is 0.565. The van der Waals surface area contributed by atoms with Crippen LogP contribution < -0.4 is 5.32 Å². The Morgan fingerprint density at radius 3 is 2.60 bits per heavy atom. The number of rotatable bonds is 2. The quantitative estimate of drug-likeness (QED) is 0.711. The lowest BCUT2D eigenvalue weighted by Gasteiger charge is -2.07. The fraction of sp³-hybridized carbons (Fsp3) is 0.500. The molecule has 0 saturated carbocycles. The van der Waals surface area contributed by atoms with Gasteiger partial charge < -0.3 is 5.32 Å². The zero-order valence-corrected chi connectivity index (χ0v) is 8.67. The van der Waals surface area contributed by atoms with Crippen LogP contribution in [0.5, 0.6) is 0 Å². The summed E-state index contributed by atoms with van der Waals surface area (Å²) in [7, 11) is -3.51. The highest BCUT2D eigenvalue weighted by atomic mass is 32.2. The van der Waals surface area contributed by atoms with E-state index in [-0.39, 0.29) is 5.16 Å². The first-order valence-corrected chi connectivity index (χ1v) is 6.07. The summed E-state index contributed by atoms with van der Waals surface area (Å²) in [5.41, 5.74) is 0. The Labute approximate surface area is 86.7 Å². The average Bonchev–Trinajstić information content (AvgIpc) is 2.71. The molecule has 0 radical (unpaired) electrons. The molecule has 1 saturated heterocycles. The molecule has 7 heteroatoms. The molecule has 1 aromatic heterocycles. The standard InChI is InChI=1S/C8H10FN3O2S/c9-6-3-11-8(12-4-6)15(13,14)7-1-2-10-5-7/h3-4,7,10H,1-2,5H2. The van der Waals surface area contributed by atoms with E-state index in [0.717, 1.165) is 12.4 Å². The van der Waals surface area contributed by atoms with Crippen molar-refractivity contribution in [3.8, 4) is 0 Å². The van der Waals surface area contributed by atoms with E-state index in [9.17, 15) is 12.8 Å². The van der Waals surface area contributed by atoms with Gasteiger partial charge in [0.25, 0.3) is 0 Å². The van der Waals surface area contributed by atoms with Crippen LogP contribution in [0.1, 0.15) is 6.42 Å². The number of hydrogen-bond acceptors (Lipinski definition) is 5. The van der Waals surface area contributed by atoms with Gasteiger partial charge in [0.05, 0.1) is 17.6 Å². The summed E-state index contributed by atoms with van der Waals surface area (Å²) >= 11 is 0. The van der Waals surface area contributed by atoms with E-state index >= 15 is 0 Å². The van der Waals surface area contributed by atoms with Crippen molar-refractivity contribution in [2.45, 2.75) is 16.8 Å². The summed E-state index contributed by atoms with van der Waals surface area (Å²) in [5, 5.41) is 2.16. The largest absolute Gasteiger partial charge is 0.315 e. The van der Waals surface area contributed by atoms with Gasteiger partial charge in [-0.3, -0.25) is 0 Å². The molecule has 0 aromatic carbocycles. The number of hydrogen-bond donors (Lipinski definition) is 1. The Balaban J connectivity index is 2.32. The monoisotopic (exact) mass is 231 g/mol. The van der Waals surface area contributed by atoms with Crippen LogP contribution in [-0.4, -0.2) is 36.7 Å². The molecule has 0 bridgehead atoms. The van der Waals surface area contributed by atoms with E-state index < -0.39 is 20.9 Å². The third-order valence-electron chi connectivity index (χ3n) is 2.31. The highest BCUT2D eigenvalue weighted by Gasteiger charge is 2.32. The molecular formula is C8H10FN3O2S. The number of nitrogens with one attached hydrogen (secondary N) is 1. The van der Waals surface area contributed by atoms with E-state index in [0.29, 0.717) is 19.5 Å². The van der Waals surface area contributed by atoms with Crippen molar-refractivity contribution in [3.05, 3.63) is 18.2 Å². The first kappa shape index (κ1) is 10.4. The minimum absolute atomic E-state index is 0.294. The molecule has 1 unspecified atom stereocenters. The molecule has 0 spiro atoms. The van der Waals surface area contributed by atoms with Crippen LogP contribution in [0, 0.1) is 5.82 Å². The maximum absolute atomic E-state index is 12.5. The molecule has 1 N–H and O–H groups in total. The Bertz CT molecular complexity index is 439. The SMILES string of the molecule is O=S(=O)(c1ncc(F)cn1)C1CCNC1. The molecule has 2 heterocycles. The van der Waals surface area contributed by atoms with Gasteiger partial charge in [0.15, 0.2) is 5.82 Å². The predicted octanol–water partition coefficient (Wildman–Crippen LogP) is -0.249. The molecule has 15 heavy (non-hydrogen) atoms. The third kappa shape index (κ3) is 1.98. The van der Waals surface area contributed by atoms with E-state index in [1.165, 1.54) is 0 Å². The predicted molar refractivity (Wildman–Crippen MR) is 50.5 cm³/mol. The van der Waals surface area contributed by atoms with Gasteiger partial charge in [-0.1, -0.05) is 0 Å². The second-order valence-corrected chi connectivity index (χ2v) is 5.47. The minimum Gasteiger partial charge on any atom is -0.315 e. The van der Waals surface area contributed by atoms with Gasteiger partial charge in [-0.05, 0) is 13.0 Å². The van der Waals surface area contributed by atoms with Crippen molar-refractivity contribution >= 4 is 9.84 Å². The van der Waals surface area contributed by atoms with Crippen molar-refractivity contribution in [1.29, 1.82) is 0 Å². The van der Waals surface area contributed by atoms with Crippen LogP contribution in [0.4, 0.5) is 4.39 Å². The van der Waals surface area contributed by atoms with Crippen LogP contribution in [-0.2, 0) is 9.84 Å². The van der Waals surface area contributed by atoms with Crippen molar-refractivity contribution in [2.24, 2.45) is 0 Å². The molecule has 1 fully saturated rings. The number of aromatic nitrogens is 2. The molecule has 0 amide bonds. The normalized spacial score (nSPS) is 21.8. The van der Waals surface area contributed by atoms with Crippen molar-refractivity contribution < 1.29 is 12.8 Å². The summed E-state index contributed by atoms with van der Waals surface area (Å²) < 4.78 is 36.2. The Morgan fingerprint density at radius 2 is 2.07 bits per heavy atom. The van der Waals surface area contributed by atoms with Crippen LogP contribution in [0.25, 0.3) is 0 Å². The molecular weight excluding hydrogens is 221 g/mol. The van der Waals surface area contributed by atoms with Crippen LogP contribution in [0.15, 0.2) is 17.6 Å². The second-order valence-electron chi connectivity index (χ2n) is 3.34. The van der Waals surface area contributed by atoms with E-state index in [2.05, 4.69) is 15.3 Å². The first-order valence-electron chi connectivity index (χ1n) is 4.53. The van der Waals surface area contributed by atoms with E-state index in [4.69, 9.17) is 0 Å². The van der Waals surface area contributed by atoms with Gasteiger partial charge in [0, 0.05) is 6.54 Å². The maximum Gasteiger partial charge on any atom is 0.247 e. The summed E-state index contributed by atoms with van der Waals surface area (Å²) in [5.74, 6) is -0.640. The molecule has 82 valence electrons. The number of sulfone groups is 1. The fourth-order valence-corrected chi connectivity index (χ4v) is 2.95. The first-order chi connectivity index (χ1) is 7.10. The minimum atomic E-state index is -3.51. The molecule has 2 rings (SSSR count). The third-order valence-corrected chi connectivity index (χ3v) is 4.30. The molecule has 1 atom stereocenters. The zero-order valence-electron chi connectivity index (χ0n) is 7.85. The molecule has 1 aromatic rings. The Kier molecular flexibility index (Phi) is 2.66. The molecule has 0 aliphatic carbocycles. The van der Waals surface area contributed by atoms with Crippen LogP contribution >= 0.6 is 0 Å². The Hall–Kier alpha value is -1.08. The fourth-order valence-electron chi connectivity index (χ4n) is 1.49. The van der Waals surface area contributed by atoms with E-state index in [1.54, 1.807) is 0 Å². The van der Waals surface area contributed by atoms with Gasteiger partial charge >= 0.3 is 0 Å². The summed E-state index contributed by atoms with van der Waals surface area (Å²) in [6.45, 7) is 1.08. The number of nitrogens with zero attached hydrogens (tertiary/aromatic N) is 2. The average molecular weight is 231 g/mol. The topological polar surface area (TPSA) is 72.0 Å². The Morgan fingerprint density at radius 1 is 1.40 bits per heavy atom. The highest BCUT2D eigenvalue weighted by Crippen LogP contribution is 2.16. The van der Waals surface area contributed by atoms with Crippen LogP contribution in [0.2, 0.25) is 0 Å². The highest BCUT2D eigenvalue weighted by molar-refractivity contribution is 7.91. The van der Waals surface area contributed by atoms with Crippen LogP contribution in [0.3, 0.4) is 0 Å². The van der Waals surface area contributed by atoms with Crippen molar-refractivity contribution in [3.63, 3.8) is 0 Å². The summed E-state index contributed by atoms with van der Waals surface area (Å²) in [6.07, 6.45) is 2.27. The molecule has 5 nitrogen and oxygen atoms in total. The summed E-state index contributed by atoms with van der Waals surface area (Å²) in [4.78, 5) is 6.99. The van der Waals surface area contributed by atoms with Crippen molar-refractivity contribution in [1.82, 2.24) is 15.3 Å². The smallest absolute Gasteiger partial charge is 0.247 e. The van der Waals surface area contributed by atoms with Gasteiger partial charge in [-0.15, -0.1) is 0 Å². The molecule has 1 aliphatic heterocycles. The van der Waals surface area contributed by atoms with Gasteiger partial charge in [0.1, 0.15) is 0 Å². The summed E-state index contributed by atoms with van der Waals surface area (Å²) in [6, 6.07) is 0.